The number of amides is 1. The van der Waals surface area contributed by atoms with E-state index in [9.17, 15) is 9.90 Å². The predicted molar refractivity (Wildman–Crippen MR) is 140 cm³/mol. The lowest BCUT2D eigenvalue weighted by atomic mass is 10.2. The second kappa shape index (κ2) is 10.5. The molecule has 1 saturated heterocycles. The first-order chi connectivity index (χ1) is 15.8. The molecular formula is C22H13Br2Cl2N3O3S. The second-order valence-corrected chi connectivity index (χ2v) is 10.2. The summed E-state index contributed by atoms with van der Waals surface area (Å²) in [6, 6.07) is 12.1. The normalized spacial score (nSPS) is 16.6. The Kier molecular flexibility index (Phi) is 7.65. The Morgan fingerprint density at radius 3 is 2.73 bits per heavy atom. The molecule has 1 aliphatic heterocycles. The number of phenols is 1. The number of furan rings is 1. The molecule has 2 heterocycles. The molecule has 0 radical (unpaired) electrons. The fraction of sp³-hybridized carbons (Fsp3) is 0.0455. The summed E-state index contributed by atoms with van der Waals surface area (Å²) in [5.74, 6) is 0.353. The van der Waals surface area contributed by atoms with E-state index in [2.05, 4.69) is 42.1 Å². The zero-order chi connectivity index (χ0) is 23.5. The molecule has 3 aromatic rings. The van der Waals surface area contributed by atoms with Crippen molar-refractivity contribution in [3.05, 3.63) is 89.5 Å². The number of rotatable bonds is 5. The highest BCUT2D eigenvalue weighted by Gasteiger charge is 2.34. The van der Waals surface area contributed by atoms with Gasteiger partial charge in [-0.05, 0) is 69.7 Å². The number of nitrogens with zero attached hydrogens (tertiary/aromatic N) is 3. The van der Waals surface area contributed by atoms with Crippen molar-refractivity contribution in [2.75, 3.05) is 0 Å². The zero-order valence-electron chi connectivity index (χ0n) is 16.5. The first kappa shape index (κ1) is 24.1. The molecule has 0 unspecified atom stereocenters. The zero-order valence-corrected chi connectivity index (χ0v) is 22.0. The van der Waals surface area contributed by atoms with Gasteiger partial charge in [-0.15, -0.1) is 5.10 Å². The van der Waals surface area contributed by atoms with E-state index in [4.69, 9.17) is 27.6 Å². The van der Waals surface area contributed by atoms with Crippen molar-refractivity contribution in [1.29, 1.82) is 0 Å². The summed E-state index contributed by atoms with van der Waals surface area (Å²) in [6.07, 6.45) is 4.61. The maximum absolute atomic E-state index is 13.2. The average molecular weight is 630 g/mol. The van der Waals surface area contributed by atoms with E-state index in [0.717, 1.165) is 16.2 Å². The molecule has 33 heavy (non-hydrogen) atoms. The van der Waals surface area contributed by atoms with Gasteiger partial charge in [0.1, 0.15) is 11.5 Å². The summed E-state index contributed by atoms with van der Waals surface area (Å²) in [7, 11) is 0. The van der Waals surface area contributed by atoms with Gasteiger partial charge in [-0.2, -0.15) is 5.10 Å². The molecule has 1 amide bonds. The van der Waals surface area contributed by atoms with Crippen molar-refractivity contribution in [2.45, 2.75) is 6.54 Å². The highest BCUT2D eigenvalue weighted by atomic mass is 79.9. The molecule has 2 aromatic carbocycles. The molecular weight excluding hydrogens is 617 g/mol. The van der Waals surface area contributed by atoms with Crippen molar-refractivity contribution in [2.24, 2.45) is 10.2 Å². The van der Waals surface area contributed by atoms with E-state index in [0.29, 0.717) is 41.5 Å². The van der Waals surface area contributed by atoms with Gasteiger partial charge in [0.05, 0.1) is 38.4 Å². The Balaban J connectivity index is 1.68. The van der Waals surface area contributed by atoms with Crippen LogP contribution in [0.5, 0.6) is 5.75 Å². The fourth-order valence-electron chi connectivity index (χ4n) is 2.88. The maximum Gasteiger partial charge on any atom is 0.267 e. The molecule has 0 spiro atoms. The van der Waals surface area contributed by atoms with Crippen LogP contribution < -0.4 is 0 Å². The summed E-state index contributed by atoms with van der Waals surface area (Å²) in [5, 5.41) is 19.6. The van der Waals surface area contributed by atoms with Crippen LogP contribution in [0.2, 0.25) is 10.0 Å². The number of phenolic OH excluding ortho intramolecular Hbond substituents is 1. The van der Waals surface area contributed by atoms with Crippen LogP contribution in [0.3, 0.4) is 0 Å². The number of thioether (sulfide) groups is 1. The molecule has 11 heteroatoms. The average Bonchev–Trinajstić information content (AvgIpc) is 3.39. The smallest absolute Gasteiger partial charge is 0.267 e. The van der Waals surface area contributed by atoms with Crippen molar-refractivity contribution < 1.29 is 14.3 Å². The van der Waals surface area contributed by atoms with Crippen molar-refractivity contribution >= 4 is 90.2 Å². The van der Waals surface area contributed by atoms with Gasteiger partial charge in [-0.1, -0.05) is 51.3 Å². The number of benzene rings is 2. The van der Waals surface area contributed by atoms with Gasteiger partial charge in [0, 0.05) is 10.0 Å². The summed E-state index contributed by atoms with van der Waals surface area (Å²) < 4.78 is 6.67. The van der Waals surface area contributed by atoms with Crippen molar-refractivity contribution in [1.82, 2.24) is 4.90 Å². The number of amidine groups is 1. The van der Waals surface area contributed by atoms with Crippen LogP contribution in [0.4, 0.5) is 0 Å². The molecule has 0 aliphatic carbocycles. The van der Waals surface area contributed by atoms with Crippen LogP contribution >= 0.6 is 66.8 Å². The topological polar surface area (TPSA) is 78.4 Å². The summed E-state index contributed by atoms with van der Waals surface area (Å²) in [6.45, 7) is 0.182. The molecule has 4 rings (SSSR count). The van der Waals surface area contributed by atoms with E-state index < -0.39 is 0 Å². The maximum atomic E-state index is 13.2. The summed E-state index contributed by atoms with van der Waals surface area (Å²) in [5.41, 5.74) is 1.07. The Bertz CT molecular complexity index is 1310. The van der Waals surface area contributed by atoms with Crippen LogP contribution in [0.15, 0.2) is 77.2 Å². The SMILES string of the molecule is O=C1/C(=C/c2cccc(Cl)c2Cl)S/C(=N\N=C\c2cc(Br)cc(Br)c2O)N1Cc1ccco1. The van der Waals surface area contributed by atoms with Crippen molar-refractivity contribution in [3.8, 4) is 5.75 Å². The molecule has 0 saturated carbocycles. The standard InChI is InChI=1S/C22H13Br2Cl2N3O3S/c23-14-7-13(20(30)16(24)9-14)10-27-28-22-29(11-15-4-2-6-32-15)21(31)18(33-22)8-12-3-1-5-17(25)19(12)26/h1-10,30H,11H2/b18-8-,27-10+,28-22-. The Labute approximate surface area is 220 Å². The van der Waals surface area contributed by atoms with Crippen LogP contribution in [0.1, 0.15) is 16.9 Å². The Hall–Kier alpha value is -2.04. The summed E-state index contributed by atoms with van der Waals surface area (Å²) >= 11 is 20.2. The third-order valence-electron chi connectivity index (χ3n) is 4.45. The minimum atomic E-state index is -0.269. The fourth-order valence-corrected chi connectivity index (χ4v) is 5.42. The van der Waals surface area contributed by atoms with Crippen LogP contribution in [-0.2, 0) is 11.3 Å². The van der Waals surface area contributed by atoms with Gasteiger partial charge in [-0.3, -0.25) is 9.69 Å². The van der Waals surface area contributed by atoms with E-state index in [1.54, 1.807) is 48.5 Å². The third-order valence-corrected chi connectivity index (χ3v) is 7.34. The van der Waals surface area contributed by atoms with E-state index in [1.165, 1.54) is 17.4 Å². The monoisotopic (exact) mass is 627 g/mol. The lowest BCUT2D eigenvalue weighted by molar-refractivity contribution is -0.122. The minimum absolute atomic E-state index is 0.0286. The Morgan fingerprint density at radius 2 is 1.97 bits per heavy atom. The van der Waals surface area contributed by atoms with E-state index in [1.807, 2.05) is 0 Å². The van der Waals surface area contributed by atoms with Gasteiger partial charge in [0.15, 0.2) is 5.17 Å². The molecule has 1 aromatic heterocycles. The number of hydrogen-bond donors (Lipinski definition) is 1. The van der Waals surface area contributed by atoms with E-state index >= 15 is 0 Å². The molecule has 6 nitrogen and oxygen atoms in total. The van der Waals surface area contributed by atoms with Gasteiger partial charge in [-0.25, -0.2) is 0 Å². The molecule has 1 fully saturated rings. The lowest BCUT2D eigenvalue weighted by Crippen LogP contribution is -2.28. The molecule has 0 bridgehead atoms. The number of carbonyl (C=O) groups is 1. The highest BCUT2D eigenvalue weighted by molar-refractivity contribution is 9.11. The highest BCUT2D eigenvalue weighted by Crippen LogP contribution is 2.36. The second-order valence-electron chi connectivity index (χ2n) is 6.68. The first-order valence-corrected chi connectivity index (χ1v) is 12.5. The number of carbonyl (C=O) groups excluding carboxylic acids is 1. The van der Waals surface area contributed by atoms with Gasteiger partial charge >= 0.3 is 0 Å². The third kappa shape index (κ3) is 5.55. The van der Waals surface area contributed by atoms with Gasteiger partial charge in [0.2, 0.25) is 0 Å². The first-order valence-electron chi connectivity index (χ1n) is 9.30. The number of hydrogen-bond acceptors (Lipinski definition) is 6. The molecule has 1 aliphatic rings. The predicted octanol–water partition coefficient (Wildman–Crippen LogP) is 7.32. The van der Waals surface area contributed by atoms with Crippen LogP contribution in [0.25, 0.3) is 6.08 Å². The Morgan fingerprint density at radius 1 is 1.15 bits per heavy atom. The molecule has 1 N–H and O–H groups in total. The van der Waals surface area contributed by atoms with Crippen molar-refractivity contribution in [3.63, 3.8) is 0 Å². The summed E-state index contributed by atoms with van der Waals surface area (Å²) in [4.78, 5) is 15.0. The van der Waals surface area contributed by atoms with E-state index in [-0.39, 0.29) is 18.2 Å². The number of halogens is 4. The van der Waals surface area contributed by atoms with Gasteiger partial charge < -0.3 is 9.52 Å². The van der Waals surface area contributed by atoms with Gasteiger partial charge in [0.25, 0.3) is 5.91 Å². The minimum Gasteiger partial charge on any atom is -0.506 e. The molecule has 168 valence electrons. The quantitative estimate of drug-likeness (QED) is 0.182. The lowest BCUT2D eigenvalue weighted by Gasteiger charge is -2.12. The van der Waals surface area contributed by atoms with Crippen LogP contribution in [-0.4, -0.2) is 27.3 Å². The largest absolute Gasteiger partial charge is 0.506 e. The number of aromatic hydroxyl groups is 1. The van der Waals surface area contributed by atoms with Crippen LogP contribution in [0, 0.1) is 0 Å². The molecule has 0 atom stereocenters.